The van der Waals surface area contributed by atoms with Gasteiger partial charge in [-0.15, -0.1) is 0 Å². The van der Waals surface area contributed by atoms with Gasteiger partial charge >= 0.3 is 0 Å². The first-order valence-corrected chi connectivity index (χ1v) is 9.62. The Balaban J connectivity index is 1.51. The highest BCUT2D eigenvalue weighted by Crippen LogP contribution is 2.27. The van der Waals surface area contributed by atoms with Gasteiger partial charge in [-0.05, 0) is 47.5 Å². The monoisotopic (exact) mass is 398 g/mol. The predicted octanol–water partition coefficient (Wildman–Crippen LogP) is 5.06. The quantitative estimate of drug-likeness (QED) is 0.447. The first-order valence-electron chi connectivity index (χ1n) is 9.62. The van der Waals surface area contributed by atoms with Gasteiger partial charge in [0.2, 0.25) is 5.91 Å². The number of fused-ring (bicyclic) bond motifs is 1. The number of nitrogens with zero attached hydrogens (tertiary/aromatic N) is 1. The Labute approximate surface area is 174 Å². The smallest absolute Gasteiger partial charge is 0.248 e. The molecule has 1 heterocycles. The topological polar surface area (TPSA) is 63.5 Å². The van der Waals surface area contributed by atoms with E-state index in [1.807, 2.05) is 48.7 Å². The summed E-state index contributed by atoms with van der Waals surface area (Å²) in [5, 5.41) is 13.8. The Morgan fingerprint density at radius 3 is 2.67 bits per heavy atom. The van der Waals surface area contributed by atoms with E-state index in [1.54, 1.807) is 24.3 Å². The number of phenolic OH excluding ortho intramolecular Hbond substituents is 1. The molecule has 4 aromatic rings. The molecular weight excluding hydrogens is 376 g/mol. The highest BCUT2D eigenvalue weighted by molar-refractivity contribution is 6.07. The van der Waals surface area contributed by atoms with E-state index in [2.05, 4.69) is 22.0 Å². The van der Waals surface area contributed by atoms with E-state index in [0.717, 1.165) is 23.1 Å². The van der Waals surface area contributed by atoms with Crippen LogP contribution in [0.1, 0.15) is 11.1 Å². The summed E-state index contributed by atoms with van der Waals surface area (Å²) in [5.41, 5.74) is 3.73. The molecule has 0 spiro atoms. The van der Waals surface area contributed by atoms with Gasteiger partial charge in [-0.1, -0.05) is 42.5 Å². The van der Waals surface area contributed by atoms with Gasteiger partial charge in [-0.2, -0.15) is 0 Å². The lowest BCUT2D eigenvalue weighted by molar-refractivity contribution is -0.111. The fraction of sp³-hybridized carbons (Fsp3) is 0.0800. The van der Waals surface area contributed by atoms with Crippen LogP contribution in [0.3, 0.4) is 0 Å². The molecule has 0 aliphatic heterocycles. The molecule has 0 fully saturated rings. The maximum Gasteiger partial charge on any atom is 0.248 e. The maximum atomic E-state index is 12.4. The molecule has 5 nitrogen and oxygen atoms in total. The Bertz CT molecular complexity index is 1210. The molecule has 0 saturated carbocycles. The van der Waals surface area contributed by atoms with Gasteiger partial charge in [0.05, 0.1) is 18.3 Å². The van der Waals surface area contributed by atoms with E-state index in [9.17, 15) is 9.90 Å². The number of rotatable bonds is 6. The molecule has 0 bridgehead atoms. The largest absolute Gasteiger partial charge is 0.504 e. The van der Waals surface area contributed by atoms with Crippen LogP contribution in [0.2, 0.25) is 0 Å². The molecule has 1 amide bonds. The lowest BCUT2D eigenvalue weighted by atomic mass is 10.2. The van der Waals surface area contributed by atoms with Crippen molar-refractivity contribution in [1.82, 2.24) is 4.57 Å². The van der Waals surface area contributed by atoms with Crippen LogP contribution in [0.25, 0.3) is 17.0 Å². The third-order valence-corrected chi connectivity index (χ3v) is 4.90. The molecule has 30 heavy (non-hydrogen) atoms. The number of aromatic nitrogens is 1. The fourth-order valence-corrected chi connectivity index (χ4v) is 3.41. The third kappa shape index (κ3) is 4.20. The summed E-state index contributed by atoms with van der Waals surface area (Å²) < 4.78 is 7.19. The zero-order valence-electron chi connectivity index (χ0n) is 16.6. The van der Waals surface area contributed by atoms with Crippen molar-refractivity contribution >= 4 is 28.6 Å². The van der Waals surface area contributed by atoms with Crippen LogP contribution in [-0.2, 0) is 11.3 Å². The number of aromatic hydroxyl groups is 1. The number of nitrogens with one attached hydrogen (secondary N) is 1. The zero-order chi connectivity index (χ0) is 20.9. The summed E-state index contributed by atoms with van der Waals surface area (Å²) in [6.07, 6.45) is 5.12. The van der Waals surface area contributed by atoms with E-state index in [0.29, 0.717) is 11.3 Å². The lowest BCUT2D eigenvalue weighted by Gasteiger charge is -2.08. The molecule has 0 aliphatic carbocycles. The van der Waals surface area contributed by atoms with Gasteiger partial charge in [0.15, 0.2) is 11.5 Å². The van der Waals surface area contributed by atoms with Gasteiger partial charge in [-0.3, -0.25) is 4.79 Å². The number of carbonyl (C=O) groups excluding carboxylic acids is 1. The standard InChI is InChI=1S/C25H22N2O3/c1-30-24-12-10-18(16-23(24)28)11-13-25(29)26-21-8-5-9-22-20(21)14-15-27(22)17-19-6-3-2-4-7-19/h2-16,28H,17H2,1H3,(H,26,29)/b13-11+. The number of ether oxygens (including phenoxy) is 1. The van der Waals surface area contributed by atoms with Crippen LogP contribution >= 0.6 is 0 Å². The van der Waals surface area contributed by atoms with Crippen LogP contribution in [0.15, 0.2) is 85.1 Å². The molecule has 0 aliphatic rings. The number of anilines is 1. The molecule has 0 radical (unpaired) electrons. The van der Waals surface area contributed by atoms with E-state index in [-0.39, 0.29) is 11.7 Å². The van der Waals surface area contributed by atoms with Crippen molar-refractivity contribution in [2.24, 2.45) is 0 Å². The maximum absolute atomic E-state index is 12.4. The fourth-order valence-electron chi connectivity index (χ4n) is 3.41. The van der Waals surface area contributed by atoms with Crippen molar-refractivity contribution in [3.63, 3.8) is 0 Å². The summed E-state index contributed by atoms with van der Waals surface area (Å²) in [6.45, 7) is 0.766. The van der Waals surface area contributed by atoms with Gasteiger partial charge < -0.3 is 19.7 Å². The number of hydrogen-bond acceptors (Lipinski definition) is 3. The second-order valence-electron chi connectivity index (χ2n) is 6.92. The minimum Gasteiger partial charge on any atom is -0.504 e. The second kappa shape index (κ2) is 8.57. The second-order valence-corrected chi connectivity index (χ2v) is 6.92. The summed E-state index contributed by atoms with van der Waals surface area (Å²) in [7, 11) is 1.49. The molecule has 1 aromatic heterocycles. The number of methoxy groups -OCH3 is 1. The van der Waals surface area contributed by atoms with Gasteiger partial charge in [0, 0.05) is 24.2 Å². The average Bonchev–Trinajstić information content (AvgIpc) is 3.17. The number of phenols is 1. The van der Waals surface area contributed by atoms with Crippen LogP contribution in [0.5, 0.6) is 11.5 Å². The van der Waals surface area contributed by atoms with Gasteiger partial charge in [0.25, 0.3) is 0 Å². The molecule has 3 aromatic carbocycles. The Hall–Kier alpha value is -3.99. The molecule has 5 heteroatoms. The first-order chi connectivity index (χ1) is 14.6. The summed E-state index contributed by atoms with van der Waals surface area (Å²) in [4.78, 5) is 12.4. The SMILES string of the molecule is COc1ccc(/C=C/C(=O)Nc2cccc3c2ccn3Cc2ccccc2)cc1O. The summed E-state index contributed by atoms with van der Waals surface area (Å²) in [5.74, 6) is 0.182. The normalized spacial score (nSPS) is 11.1. The van der Waals surface area contributed by atoms with Crippen LogP contribution in [-0.4, -0.2) is 22.7 Å². The van der Waals surface area contributed by atoms with Crippen molar-refractivity contribution in [2.45, 2.75) is 6.54 Å². The van der Waals surface area contributed by atoms with E-state index < -0.39 is 0 Å². The van der Waals surface area contributed by atoms with Crippen LogP contribution < -0.4 is 10.1 Å². The molecule has 4 rings (SSSR count). The molecule has 0 saturated heterocycles. The molecule has 150 valence electrons. The minimum atomic E-state index is -0.242. The lowest BCUT2D eigenvalue weighted by Crippen LogP contribution is -2.08. The predicted molar refractivity (Wildman–Crippen MR) is 120 cm³/mol. The molecule has 0 atom stereocenters. The summed E-state index contributed by atoms with van der Waals surface area (Å²) >= 11 is 0. The molecule has 2 N–H and O–H groups in total. The van der Waals surface area contributed by atoms with Crippen LogP contribution in [0, 0.1) is 0 Å². The highest BCUT2D eigenvalue weighted by Gasteiger charge is 2.08. The van der Waals surface area contributed by atoms with E-state index in [1.165, 1.54) is 18.7 Å². The molecule has 0 unspecified atom stereocenters. The molecular formula is C25H22N2O3. The van der Waals surface area contributed by atoms with Crippen molar-refractivity contribution in [2.75, 3.05) is 12.4 Å². The van der Waals surface area contributed by atoms with E-state index in [4.69, 9.17) is 4.74 Å². The Morgan fingerprint density at radius 1 is 1.07 bits per heavy atom. The minimum absolute atomic E-state index is 0.0320. The van der Waals surface area contributed by atoms with Gasteiger partial charge in [-0.25, -0.2) is 0 Å². The number of carbonyl (C=O) groups is 1. The first kappa shape index (κ1) is 19.3. The van der Waals surface area contributed by atoms with E-state index >= 15 is 0 Å². The Morgan fingerprint density at radius 2 is 1.90 bits per heavy atom. The Kier molecular flexibility index (Phi) is 5.52. The number of benzene rings is 3. The van der Waals surface area contributed by atoms with Crippen LogP contribution in [0.4, 0.5) is 5.69 Å². The van der Waals surface area contributed by atoms with Crippen molar-refractivity contribution in [3.8, 4) is 11.5 Å². The average molecular weight is 398 g/mol. The zero-order valence-corrected chi connectivity index (χ0v) is 16.6. The number of amides is 1. The highest BCUT2D eigenvalue weighted by atomic mass is 16.5. The third-order valence-electron chi connectivity index (χ3n) is 4.90. The van der Waals surface area contributed by atoms with Crippen molar-refractivity contribution < 1.29 is 14.6 Å². The van der Waals surface area contributed by atoms with Crippen molar-refractivity contribution in [1.29, 1.82) is 0 Å². The van der Waals surface area contributed by atoms with Crippen molar-refractivity contribution in [3.05, 3.63) is 96.2 Å². The number of hydrogen-bond donors (Lipinski definition) is 2. The van der Waals surface area contributed by atoms with Gasteiger partial charge in [0.1, 0.15) is 0 Å². The summed E-state index contributed by atoms with van der Waals surface area (Å²) in [6, 6.07) is 23.1.